The highest BCUT2D eigenvalue weighted by Crippen LogP contribution is 2.43. The number of hydrogen-bond donors (Lipinski definition) is 4. The molecular weight excluding hydrogens is 705 g/mol. The van der Waals surface area contributed by atoms with Crippen LogP contribution >= 0.6 is 0 Å². The lowest BCUT2D eigenvalue weighted by Gasteiger charge is -2.18. The van der Waals surface area contributed by atoms with Gasteiger partial charge in [-0.3, -0.25) is 0 Å². The summed E-state index contributed by atoms with van der Waals surface area (Å²) in [5, 5.41) is 41.7. The summed E-state index contributed by atoms with van der Waals surface area (Å²) in [6.07, 6.45) is 0. The van der Waals surface area contributed by atoms with E-state index in [4.69, 9.17) is 0 Å². The second-order valence-electron chi connectivity index (χ2n) is 13.4. The van der Waals surface area contributed by atoms with Gasteiger partial charge in [0.05, 0.1) is 22.3 Å². The number of hydrogen-bond acceptors (Lipinski definition) is 4. The van der Waals surface area contributed by atoms with Crippen LogP contribution in [0, 0.1) is 0 Å². The van der Waals surface area contributed by atoms with E-state index in [1.807, 2.05) is 36.4 Å². The van der Waals surface area contributed by atoms with Crippen LogP contribution in [0.4, 0.5) is 0 Å². The predicted molar refractivity (Wildman–Crippen MR) is 216 cm³/mol. The van der Waals surface area contributed by atoms with Crippen molar-refractivity contribution >= 4 is 45.4 Å². The molecule has 8 rings (SSSR count). The van der Waals surface area contributed by atoms with Gasteiger partial charge >= 0.3 is 23.9 Å². The van der Waals surface area contributed by atoms with Crippen molar-refractivity contribution in [2.45, 2.75) is 0 Å². The topological polar surface area (TPSA) is 149 Å². The Hall–Kier alpha value is -7.84. The maximum absolute atomic E-state index is 11.7. The smallest absolute Gasteiger partial charge is 0.335 e. The SMILES string of the molecule is O=C(O)c1ccc(-c2ccc3c(-c4ccc(-c5ccc(C(=O)O)cc5)c5cc(-c6ccc(C(=O)O)cc6)ccc45)ccc(-c4ccc(C(=O)O)cc4)c3c2)cc1. The first-order valence-electron chi connectivity index (χ1n) is 17.5. The minimum absolute atomic E-state index is 0.176. The molecule has 0 saturated carbocycles. The van der Waals surface area contributed by atoms with Gasteiger partial charge in [-0.25, -0.2) is 19.2 Å². The van der Waals surface area contributed by atoms with Crippen LogP contribution in [-0.2, 0) is 0 Å². The summed E-state index contributed by atoms with van der Waals surface area (Å²) < 4.78 is 0. The van der Waals surface area contributed by atoms with Crippen LogP contribution in [-0.4, -0.2) is 44.3 Å². The van der Waals surface area contributed by atoms with Gasteiger partial charge in [0.2, 0.25) is 0 Å². The molecule has 0 atom stereocenters. The maximum atomic E-state index is 11.7. The minimum atomic E-state index is -1.02. The Kier molecular flexibility index (Phi) is 8.92. The Labute approximate surface area is 319 Å². The Bertz CT molecular complexity index is 2670. The van der Waals surface area contributed by atoms with E-state index < -0.39 is 23.9 Å². The molecule has 8 aromatic carbocycles. The molecule has 0 fully saturated rings. The van der Waals surface area contributed by atoms with Gasteiger partial charge in [-0.05, 0) is 138 Å². The van der Waals surface area contributed by atoms with Crippen LogP contribution in [0.25, 0.3) is 77.2 Å². The fraction of sp³-hybridized carbons (Fsp3) is 0. The van der Waals surface area contributed by atoms with Gasteiger partial charge in [0.25, 0.3) is 0 Å². The Balaban J connectivity index is 1.34. The first-order valence-corrected chi connectivity index (χ1v) is 17.5. The molecular formula is C48H30O8. The van der Waals surface area contributed by atoms with Gasteiger partial charge in [0, 0.05) is 0 Å². The summed E-state index contributed by atoms with van der Waals surface area (Å²) in [6.45, 7) is 0. The molecule has 4 N–H and O–H groups in total. The molecule has 0 bridgehead atoms. The van der Waals surface area contributed by atoms with Gasteiger partial charge in [-0.1, -0.05) is 97.1 Å². The van der Waals surface area contributed by atoms with E-state index >= 15 is 0 Å². The van der Waals surface area contributed by atoms with Crippen molar-refractivity contribution in [3.05, 3.63) is 180 Å². The molecule has 270 valence electrons. The van der Waals surface area contributed by atoms with Crippen molar-refractivity contribution in [1.29, 1.82) is 0 Å². The first-order chi connectivity index (χ1) is 27.0. The van der Waals surface area contributed by atoms with E-state index in [0.717, 1.165) is 77.2 Å². The normalized spacial score (nSPS) is 11.1. The van der Waals surface area contributed by atoms with Crippen molar-refractivity contribution < 1.29 is 39.6 Å². The van der Waals surface area contributed by atoms with Gasteiger partial charge in [-0.2, -0.15) is 0 Å². The number of carboxylic acids is 4. The molecule has 0 saturated heterocycles. The lowest BCUT2D eigenvalue weighted by Crippen LogP contribution is -1.96. The number of aromatic carboxylic acids is 4. The third-order valence-electron chi connectivity index (χ3n) is 10.1. The van der Waals surface area contributed by atoms with Crippen molar-refractivity contribution in [2.24, 2.45) is 0 Å². The lowest BCUT2D eigenvalue weighted by molar-refractivity contribution is 0.0686. The molecule has 8 nitrogen and oxygen atoms in total. The van der Waals surface area contributed by atoms with Crippen molar-refractivity contribution in [2.75, 3.05) is 0 Å². The first kappa shape index (κ1) is 35.2. The molecule has 0 aliphatic heterocycles. The predicted octanol–water partition coefficient (Wildman–Crippen LogP) is 11.1. The Morgan fingerprint density at radius 1 is 0.250 bits per heavy atom. The van der Waals surface area contributed by atoms with Crippen LogP contribution in [0.5, 0.6) is 0 Å². The zero-order chi connectivity index (χ0) is 39.1. The second-order valence-corrected chi connectivity index (χ2v) is 13.4. The molecule has 8 aromatic rings. The van der Waals surface area contributed by atoms with E-state index in [1.165, 1.54) is 0 Å². The summed E-state index contributed by atoms with van der Waals surface area (Å²) >= 11 is 0. The average molecular weight is 735 g/mol. The highest BCUT2D eigenvalue weighted by Gasteiger charge is 2.17. The second kappa shape index (κ2) is 14.2. The van der Waals surface area contributed by atoms with Crippen LogP contribution in [0.2, 0.25) is 0 Å². The molecule has 0 amide bonds. The molecule has 56 heavy (non-hydrogen) atoms. The number of rotatable bonds is 9. The van der Waals surface area contributed by atoms with E-state index in [2.05, 4.69) is 24.3 Å². The fourth-order valence-electron chi connectivity index (χ4n) is 7.22. The largest absolute Gasteiger partial charge is 0.478 e. The standard InChI is InChI=1S/C48H30O8/c49-45(50)31-9-1-27(2-10-31)35-17-19-41-39(23-21-37(43(41)25-35)29-5-13-33(14-6-29)47(53)54)40-24-22-38(30-7-15-34(16-8-30)48(55)56)44-26-36(18-20-42(40)44)28-3-11-32(12-4-28)46(51)52/h1-26H,(H,49,50)(H,51,52)(H,53,54)(H,55,56). The van der Waals surface area contributed by atoms with Gasteiger partial charge < -0.3 is 20.4 Å². The molecule has 0 unspecified atom stereocenters. The lowest BCUT2D eigenvalue weighted by atomic mass is 9.86. The van der Waals surface area contributed by atoms with E-state index in [1.54, 1.807) is 97.1 Å². The summed E-state index contributed by atoms with van der Waals surface area (Å²) in [6, 6.07) is 47.2. The summed E-state index contributed by atoms with van der Waals surface area (Å²) in [5.74, 6) is -4.05. The zero-order valence-corrected chi connectivity index (χ0v) is 29.4. The van der Waals surface area contributed by atoms with Crippen LogP contribution in [0.1, 0.15) is 41.4 Å². The molecule has 0 heterocycles. The molecule has 0 aromatic heterocycles. The average Bonchev–Trinajstić information content (AvgIpc) is 3.22. The summed E-state index contributed by atoms with van der Waals surface area (Å²) in [7, 11) is 0. The van der Waals surface area contributed by atoms with Gasteiger partial charge in [-0.15, -0.1) is 0 Å². The summed E-state index contributed by atoms with van der Waals surface area (Å²) in [4.78, 5) is 46.4. The highest BCUT2D eigenvalue weighted by atomic mass is 16.4. The third kappa shape index (κ3) is 6.52. The summed E-state index contributed by atoms with van der Waals surface area (Å²) in [5.41, 5.74) is 9.44. The van der Waals surface area contributed by atoms with Crippen molar-refractivity contribution in [3.63, 3.8) is 0 Å². The third-order valence-corrected chi connectivity index (χ3v) is 10.1. The number of benzene rings is 8. The number of carbonyl (C=O) groups is 4. The molecule has 0 spiro atoms. The van der Waals surface area contributed by atoms with Crippen LogP contribution < -0.4 is 0 Å². The van der Waals surface area contributed by atoms with E-state index in [-0.39, 0.29) is 22.3 Å². The van der Waals surface area contributed by atoms with E-state index in [9.17, 15) is 39.6 Å². The quantitative estimate of drug-likeness (QED) is 0.114. The monoisotopic (exact) mass is 734 g/mol. The number of fused-ring (bicyclic) bond motifs is 2. The minimum Gasteiger partial charge on any atom is -0.478 e. The zero-order valence-electron chi connectivity index (χ0n) is 29.4. The fourth-order valence-corrected chi connectivity index (χ4v) is 7.22. The van der Waals surface area contributed by atoms with Crippen molar-refractivity contribution in [1.82, 2.24) is 0 Å². The van der Waals surface area contributed by atoms with Gasteiger partial charge in [0.1, 0.15) is 0 Å². The molecule has 0 radical (unpaired) electrons. The van der Waals surface area contributed by atoms with E-state index in [0.29, 0.717) is 0 Å². The Morgan fingerprint density at radius 2 is 0.500 bits per heavy atom. The maximum Gasteiger partial charge on any atom is 0.335 e. The molecule has 0 aliphatic rings. The number of carboxylic acid groups (broad SMARTS) is 4. The molecule has 0 aliphatic carbocycles. The molecule has 8 heteroatoms. The van der Waals surface area contributed by atoms with Crippen LogP contribution in [0.15, 0.2) is 158 Å². The Morgan fingerprint density at radius 3 is 0.786 bits per heavy atom. The van der Waals surface area contributed by atoms with Crippen LogP contribution in [0.3, 0.4) is 0 Å². The van der Waals surface area contributed by atoms with Crippen molar-refractivity contribution in [3.8, 4) is 55.6 Å². The highest BCUT2D eigenvalue weighted by molar-refractivity contribution is 6.13. The van der Waals surface area contributed by atoms with Gasteiger partial charge in [0.15, 0.2) is 0 Å².